The molecule has 1 aromatic rings. The average Bonchev–Trinajstić information content (AvgIpc) is 2.19. The van der Waals surface area contributed by atoms with Gasteiger partial charge < -0.3 is 4.74 Å². The van der Waals surface area contributed by atoms with Crippen LogP contribution in [0.3, 0.4) is 0 Å². The summed E-state index contributed by atoms with van der Waals surface area (Å²) in [5.41, 5.74) is 1.10. The molecule has 0 saturated carbocycles. The first kappa shape index (κ1) is 9.74. The molecule has 69 valence electrons. The van der Waals surface area contributed by atoms with Gasteiger partial charge in [-0.15, -0.1) is 0 Å². The van der Waals surface area contributed by atoms with Gasteiger partial charge in [-0.25, -0.2) is 5.32 Å². The van der Waals surface area contributed by atoms with Crippen molar-refractivity contribution in [3.05, 3.63) is 35.9 Å². The van der Waals surface area contributed by atoms with E-state index in [9.17, 15) is 4.79 Å². The van der Waals surface area contributed by atoms with E-state index in [0.29, 0.717) is 6.54 Å². The molecule has 0 spiro atoms. The fourth-order valence-corrected chi connectivity index (χ4v) is 0.924. The molecule has 0 saturated heterocycles. The zero-order chi connectivity index (χ0) is 9.52. The summed E-state index contributed by atoms with van der Waals surface area (Å²) in [6, 6.07) is 9.79. The van der Waals surface area contributed by atoms with Crippen LogP contribution in [0, 0.1) is 0 Å². The van der Waals surface area contributed by atoms with Crippen LogP contribution in [0.2, 0.25) is 0 Å². The number of hydrogen-bond acceptors (Lipinski definition) is 2. The van der Waals surface area contributed by atoms with E-state index in [1.165, 1.54) is 7.11 Å². The van der Waals surface area contributed by atoms with Crippen molar-refractivity contribution in [3.63, 3.8) is 0 Å². The van der Waals surface area contributed by atoms with Crippen LogP contribution < -0.4 is 5.32 Å². The van der Waals surface area contributed by atoms with Crippen LogP contribution in [-0.2, 0) is 16.1 Å². The Morgan fingerprint density at radius 1 is 1.38 bits per heavy atom. The number of esters is 1. The highest BCUT2D eigenvalue weighted by molar-refractivity contribution is 5.71. The Morgan fingerprint density at radius 3 is 2.69 bits per heavy atom. The highest BCUT2D eigenvalue weighted by Gasteiger charge is 1.99. The van der Waals surface area contributed by atoms with Crippen LogP contribution in [0.4, 0.5) is 0 Å². The summed E-state index contributed by atoms with van der Waals surface area (Å²) in [7, 11) is 1.36. The number of methoxy groups -OCH3 is 1. The van der Waals surface area contributed by atoms with E-state index in [1.807, 2.05) is 30.3 Å². The van der Waals surface area contributed by atoms with Crippen molar-refractivity contribution in [2.45, 2.75) is 6.54 Å². The van der Waals surface area contributed by atoms with E-state index in [4.69, 9.17) is 0 Å². The Hall–Kier alpha value is -1.35. The number of benzene rings is 1. The first-order chi connectivity index (χ1) is 6.33. The van der Waals surface area contributed by atoms with Gasteiger partial charge >= 0.3 is 5.97 Å². The maximum atomic E-state index is 10.7. The monoisotopic (exact) mass is 178 g/mol. The SMILES string of the molecule is COC(=O)C[N]Cc1ccccc1. The maximum Gasteiger partial charge on any atom is 0.321 e. The number of hydrogen-bond donors (Lipinski definition) is 0. The van der Waals surface area contributed by atoms with Gasteiger partial charge in [-0.05, 0) is 5.56 Å². The lowest BCUT2D eigenvalue weighted by atomic mass is 10.2. The second-order valence-corrected chi connectivity index (χ2v) is 2.60. The standard InChI is InChI=1S/C10H12NO2/c1-13-10(12)8-11-7-9-5-3-2-4-6-9/h2-6H,7-8H2,1H3. The maximum absolute atomic E-state index is 10.7. The summed E-state index contributed by atoms with van der Waals surface area (Å²) in [6.07, 6.45) is 0. The van der Waals surface area contributed by atoms with Gasteiger partial charge in [-0.1, -0.05) is 30.3 Å². The largest absolute Gasteiger partial charge is 0.468 e. The zero-order valence-electron chi connectivity index (χ0n) is 7.56. The third-order valence-corrected chi connectivity index (χ3v) is 1.61. The fourth-order valence-electron chi connectivity index (χ4n) is 0.924. The zero-order valence-corrected chi connectivity index (χ0v) is 7.56. The smallest absolute Gasteiger partial charge is 0.321 e. The molecule has 0 fully saturated rings. The third-order valence-electron chi connectivity index (χ3n) is 1.61. The predicted octanol–water partition coefficient (Wildman–Crippen LogP) is 0.964. The molecule has 0 aliphatic carbocycles. The lowest BCUT2D eigenvalue weighted by Gasteiger charge is -2.00. The van der Waals surface area contributed by atoms with E-state index in [0.717, 1.165) is 5.56 Å². The lowest BCUT2D eigenvalue weighted by molar-refractivity contribution is -0.139. The van der Waals surface area contributed by atoms with Crippen LogP contribution >= 0.6 is 0 Å². The highest BCUT2D eigenvalue weighted by Crippen LogP contribution is 1.97. The molecule has 0 heterocycles. The van der Waals surface area contributed by atoms with Crippen LogP contribution in [0.15, 0.2) is 30.3 Å². The molecule has 0 amide bonds. The second kappa shape index (κ2) is 5.32. The topological polar surface area (TPSA) is 40.4 Å². The summed E-state index contributed by atoms with van der Waals surface area (Å²) >= 11 is 0. The Labute approximate surface area is 77.7 Å². The van der Waals surface area contributed by atoms with Crippen molar-refractivity contribution < 1.29 is 9.53 Å². The van der Waals surface area contributed by atoms with Crippen LogP contribution in [0.1, 0.15) is 5.56 Å². The molecule has 0 aliphatic rings. The molecule has 0 atom stereocenters. The van der Waals surface area contributed by atoms with Gasteiger partial charge in [0.2, 0.25) is 0 Å². The Morgan fingerprint density at radius 2 is 2.08 bits per heavy atom. The van der Waals surface area contributed by atoms with Gasteiger partial charge in [0.05, 0.1) is 7.11 Å². The summed E-state index contributed by atoms with van der Waals surface area (Å²) in [5, 5.41) is 4.04. The summed E-state index contributed by atoms with van der Waals surface area (Å²) in [4.78, 5) is 10.7. The molecule has 13 heavy (non-hydrogen) atoms. The van der Waals surface area contributed by atoms with Crippen LogP contribution in [-0.4, -0.2) is 19.6 Å². The van der Waals surface area contributed by atoms with E-state index in [1.54, 1.807) is 0 Å². The van der Waals surface area contributed by atoms with E-state index < -0.39 is 0 Å². The minimum atomic E-state index is -0.295. The molecule has 0 aliphatic heterocycles. The molecule has 1 radical (unpaired) electrons. The summed E-state index contributed by atoms with van der Waals surface area (Å²) in [6.45, 7) is 0.696. The van der Waals surface area contributed by atoms with Crippen molar-refractivity contribution in [1.82, 2.24) is 5.32 Å². The fraction of sp³-hybridized carbons (Fsp3) is 0.300. The van der Waals surface area contributed by atoms with Crippen molar-refractivity contribution in [2.24, 2.45) is 0 Å². The van der Waals surface area contributed by atoms with Crippen LogP contribution in [0.25, 0.3) is 0 Å². The van der Waals surface area contributed by atoms with Gasteiger partial charge in [0.25, 0.3) is 0 Å². The minimum Gasteiger partial charge on any atom is -0.468 e. The number of carbonyl (C=O) groups is 1. The van der Waals surface area contributed by atoms with Crippen molar-refractivity contribution in [3.8, 4) is 0 Å². The van der Waals surface area contributed by atoms with Gasteiger partial charge in [0, 0.05) is 6.54 Å². The van der Waals surface area contributed by atoms with E-state index in [-0.39, 0.29) is 12.5 Å². The van der Waals surface area contributed by atoms with Gasteiger partial charge in [-0.2, -0.15) is 0 Å². The first-order valence-electron chi connectivity index (χ1n) is 4.07. The van der Waals surface area contributed by atoms with Gasteiger partial charge in [0.1, 0.15) is 6.54 Å². The van der Waals surface area contributed by atoms with E-state index in [2.05, 4.69) is 10.1 Å². The lowest BCUT2D eigenvalue weighted by Crippen LogP contribution is -2.17. The molecule has 3 heteroatoms. The third kappa shape index (κ3) is 3.71. The molecule has 3 nitrogen and oxygen atoms in total. The number of rotatable bonds is 4. The van der Waals surface area contributed by atoms with Gasteiger partial charge in [-0.3, -0.25) is 4.79 Å². The molecular formula is C10H12NO2. The molecular weight excluding hydrogens is 166 g/mol. The molecule has 1 aromatic carbocycles. The van der Waals surface area contributed by atoms with Crippen LogP contribution in [0.5, 0.6) is 0 Å². The Kier molecular flexibility index (Phi) is 3.99. The molecule has 1 rings (SSSR count). The molecule has 0 bridgehead atoms. The number of ether oxygens (including phenoxy) is 1. The number of carbonyl (C=O) groups excluding carboxylic acids is 1. The number of nitrogens with zero attached hydrogens (tertiary/aromatic N) is 1. The molecule has 0 N–H and O–H groups in total. The summed E-state index contributed by atoms with van der Waals surface area (Å²) in [5.74, 6) is -0.295. The van der Waals surface area contributed by atoms with Crippen molar-refractivity contribution >= 4 is 5.97 Å². The van der Waals surface area contributed by atoms with Gasteiger partial charge in [0.15, 0.2) is 0 Å². The first-order valence-corrected chi connectivity index (χ1v) is 4.07. The normalized spacial score (nSPS) is 9.62. The Bertz CT molecular complexity index is 259. The minimum absolute atomic E-state index is 0.130. The van der Waals surface area contributed by atoms with Crippen molar-refractivity contribution in [2.75, 3.05) is 13.7 Å². The highest BCUT2D eigenvalue weighted by atomic mass is 16.5. The molecule has 0 aromatic heterocycles. The quantitative estimate of drug-likeness (QED) is 0.644. The predicted molar refractivity (Wildman–Crippen MR) is 49.2 cm³/mol. The molecule has 0 unspecified atom stereocenters. The second-order valence-electron chi connectivity index (χ2n) is 2.60. The Balaban J connectivity index is 2.24. The summed E-state index contributed by atoms with van der Waals surface area (Å²) < 4.78 is 4.46. The van der Waals surface area contributed by atoms with E-state index >= 15 is 0 Å². The van der Waals surface area contributed by atoms with Crippen molar-refractivity contribution in [1.29, 1.82) is 0 Å². The average molecular weight is 178 g/mol.